The van der Waals surface area contributed by atoms with Crippen LogP contribution in [0.3, 0.4) is 0 Å². The van der Waals surface area contributed by atoms with Crippen LogP contribution in [-0.2, 0) is 14.4 Å². The normalized spacial score (nSPS) is 17.3. The molecule has 2 aliphatic rings. The maximum Gasteiger partial charge on any atom is 0.227 e. The first-order chi connectivity index (χ1) is 14.4. The number of hydrogen-bond acceptors (Lipinski definition) is 3. The molecule has 0 bridgehead atoms. The van der Waals surface area contributed by atoms with Crippen LogP contribution >= 0.6 is 0 Å². The van der Waals surface area contributed by atoms with Crippen molar-refractivity contribution in [2.24, 2.45) is 5.92 Å². The van der Waals surface area contributed by atoms with Crippen LogP contribution in [0.5, 0.6) is 0 Å². The number of amides is 3. The highest BCUT2D eigenvalue weighted by Crippen LogP contribution is 2.34. The number of carbonyl (C=O) groups is 3. The summed E-state index contributed by atoms with van der Waals surface area (Å²) >= 11 is 0. The summed E-state index contributed by atoms with van der Waals surface area (Å²) in [4.78, 5) is 38.3. The molecule has 6 nitrogen and oxygen atoms in total. The van der Waals surface area contributed by atoms with E-state index in [1.54, 1.807) is 6.20 Å². The van der Waals surface area contributed by atoms with Crippen molar-refractivity contribution in [3.05, 3.63) is 65.6 Å². The molecule has 154 valence electrons. The number of anilines is 2. The van der Waals surface area contributed by atoms with Gasteiger partial charge >= 0.3 is 0 Å². The molecular formula is C23H22FN3O3. The number of nitrogens with zero attached hydrogens (tertiary/aromatic N) is 1. The first kappa shape index (κ1) is 19.8. The Balaban J connectivity index is 1.49. The zero-order valence-electron chi connectivity index (χ0n) is 16.5. The van der Waals surface area contributed by atoms with Gasteiger partial charge in [0.25, 0.3) is 0 Å². The monoisotopic (exact) mass is 407 g/mol. The minimum Gasteiger partial charge on any atom is -0.326 e. The van der Waals surface area contributed by atoms with Gasteiger partial charge in [-0.25, -0.2) is 4.39 Å². The molecule has 2 aromatic carbocycles. The van der Waals surface area contributed by atoms with Crippen molar-refractivity contribution in [1.82, 2.24) is 4.90 Å². The van der Waals surface area contributed by atoms with E-state index in [9.17, 15) is 18.8 Å². The average Bonchev–Trinajstić information content (AvgIpc) is 3.56. The third-order valence-corrected chi connectivity index (χ3v) is 5.30. The smallest absolute Gasteiger partial charge is 0.227 e. The summed E-state index contributed by atoms with van der Waals surface area (Å²) in [7, 11) is 0. The van der Waals surface area contributed by atoms with Crippen LogP contribution in [0.4, 0.5) is 15.8 Å². The van der Waals surface area contributed by atoms with Crippen molar-refractivity contribution in [1.29, 1.82) is 0 Å². The predicted octanol–water partition coefficient (Wildman–Crippen LogP) is 4.08. The van der Waals surface area contributed by atoms with E-state index in [0.29, 0.717) is 5.69 Å². The largest absolute Gasteiger partial charge is 0.326 e. The molecule has 1 saturated carbocycles. The molecule has 3 amide bonds. The van der Waals surface area contributed by atoms with Gasteiger partial charge in [0.2, 0.25) is 17.7 Å². The van der Waals surface area contributed by atoms with Gasteiger partial charge in [-0.2, -0.15) is 0 Å². The fraction of sp³-hybridized carbons (Fsp3) is 0.261. The van der Waals surface area contributed by atoms with Crippen LogP contribution in [-0.4, -0.2) is 22.6 Å². The summed E-state index contributed by atoms with van der Waals surface area (Å²) in [6.07, 6.45) is 5.20. The first-order valence-electron chi connectivity index (χ1n) is 9.88. The fourth-order valence-corrected chi connectivity index (χ4v) is 3.58. The van der Waals surface area contributed by atoms with Crippen LogP contribution in [0.2, 0.25) is 0 Å². The van der Waals surface area contributed by atoms with E-state index in [1.807, 2.05) is 30.3 Å². The molecule has 1 aliphatic carbocycles. The molecule has 4 rings (SSSR count). The highest BCUT2D eigenvalue weighted by atomic mass is 19.1. The summed E-state index contributed by atoms with van der Waals surface area (Å²) in [5.74, 6) is -1.30. The van der Waals surface area contributed by atoms with E-state index in [1.165, 1.54) is 30.0 Å². The van der Waals surface area contributed by atoms with Crippen molar-refractivity contribution < 1.29 is 18.8 Å². The highest BCUT2D eigenvalue weighted by molar-refractivity contribution is 5.96. The lowest BCUT2D eigenvalue weighted by Crippen LogP contribution is -2.33. The molecule has 30 heavy (non-hydrogen) atoms. The van der Waals surface area contributed by atoms with Crippen molar-refractivity contribution in [2.45, 2.75) is 32.2 Å². The lowest BCUT2D eigenvalue weighted by molar-refractivity contribution is -0.129. The van der Waals surface area contributed by atoms with Gasteiger partial charge in [-0.05, 0) is 48.2 Å². The Bertz CT molecular complexity index is 1050. The molecule has 1 atom stereocenters. The van der Waals surface area contributed by atoms with Gasteiger partial charge in [-0.15, -0.1) is 0 Å². The van der Waals surface area contributed by atoms with Crippen LogP contribution < -0.4 is 10.6 Å². The quantitative estimate of drug-likeness (QED) is 0.784. The third kappa shape index (κ3) is 4.25. The molecular weight excluding hydrogens is 385 g/mol. The number of benzene rings is 2. The zero-order chi connectivity index (χ0) is 21.3. The molecule has 2 aromatic rings. The number of rotatable bonds is 5. The molecule has 1 aliphatic heterocycles. The average molecular weight is 407 g/mol. The van der Waals surface area contributed by atoms with E-state index in [0.717, 1.165) is 24.0 Å². The molecule has 7 heteroatoms. The summed E-state index contributed by atoms with van der Waals surface area (Å²) in [5.41, 5.74) is 2.27. The van der Waals surface area contributed by atoms with Gasteiger partial charge in [-0.1, -0.05) is 24.3 Å². The standard InChI is InChI=1S/C23H22FN3O3/c1-14(28)27-11-10-15-4-2-3-5-18(15)21(27)13-22(29)25-17-8-9-19(24)20(12-17)26-23(30)16-6-7-16/h2-5,8-12,16,21H,6-7,13H2,1H3,(H,25,29)(H,26,30)/t21-/m1/s1. The van der Waals surface area contributed by atoms with E-state index >= 15 is 0 Å². The summed E-state index contributed by atoms with van der Waals surface area (Å²) < 4.78 is 14.1. The Morgan fingerprint density at radius 1 is 1.10 bits per heavy atom. The van der Waals surface area contributed by atoms with Crippen LogP contribution in [0, 0.1) is 11.7 Å². The molecule has 1 fully saturated rings. The molecule has 2 N–H and O–H groups in total. The van der Waals surface area contributed by atoms with Crippen LogP contribution in [0.25, 0.3) is 6.08 Å². The van der Waals surface area contributed by atoms with Crippen molar-refractivity contribution in [3.8, 4) is 0 Å². The predicted molar refractivity (Wildman–Crippen MR) is 112 cm³/mol. The number of fused-ring (bicyclic) bond motifs is 1. The second-order valence-corrected chi connectivity index (χ2v) is 7.60. The first-order valence-corrected chi connectivity index (χ1v) is 9.88. The maximum absolute atomic E-state index is 14.1. The van der Waals surface area contributed by atoms with E-state index in [4.69, 9.17) is 0 Å². The van der Waals surface area contributed by atoms with Gasteiger partial charge in [0.15, 0.2) is 0 Å². The summed E-state index contributed by atoms with van der Waals surface area (Å²) in [6, 6.07) is 11.2. The topological polar surface area (TPSA) is 78.5 Å². The SMILES string of the molecule is CC(=O)N1C=Cc2ccccc2[C@H]1CC(=O)Nc1ccc(F)c(NC(=O)C2CC2)c1. The molecule has 1 heterocycles. The summed E-state index contributed by atoms with van der Waals surface area (Å²) in [5, 5.41) is 5.32. The van der Waals surface area contributed by atoms with E-state index < -0.39 is 11.9 Å². The lowest BCUT2D eigenvalue weighted by atomic mass is 9.93. The van der Waals surface area contributed by atoms with E-state index in [-0.39, 0.29) is 35.7 Å². The van der Waals surface area contributed by atoms with Crippen LogP contribution in [0.15, 0.2) is 48.7 Å². The zero-order valence-corrected chi connectivity index (χ0v) is 16.5. The Labute approximate surface area is 173 Å². The maximum atomic E-state index is 14.1. The Kier molecular flexibility index (Phi) is 5.35. The number of halogens is 1. The molecule has 0 aromatic heterocycles. The number of nitrogens with one attached hydrogen (secondary N) is 2. The van der Waals surface area contributed by atoms with E-state index in [2.05, 4.69) is 10.6 Å². The van der Waals surface area contributed by atoms with Gasteiger partial charge in [0.05, 0.1) is 18.2 Å². The Hall–Kier alpha value is -3.48. The molecule has 0 radical (unpaired) electrons. The summed E-state index contributed by atoms with van der Waals surface area (Å²) in [6.45, 7) is 1.46. The Morgan fingerprint density at radius 2 is 1.87 bits per heavy atom. The van der Waals surface area contributed by atoms with Gasteiger partial charge in [0.1, 0.15) is 5.82 Å². The molecule has 0 saturated heterocycles. The van der Waals surface area contributed by atoms with Gasteiger partial charge < -0.3 is 15.5 Å². The Morgan fingerprint density at radius 3 is 2.60 bits per heavy atom. The van der Waals surface area contributed by atoms with Crippen LogP contribution in [0.1, 0.15) is 43.4 Å². The highest BCUT2D eigenvalue weighted by Gasteiger charge is 2.30. The molecule has 0 spiro atoms. The fourth-order valence-electron chi connectivity index (χ4n) is 3.58. The molecule has 0 unspecified atom stereocenters. The second-order valence-electron chi connectivity index (χ2n) is 7.60. The van der Waals surface area contributed by atoms with Gasteiger partial charge in [-0.3, -0.25) is 14.4 Å². The van der Waals surface area contributed by atoms with Gasteiger partial charge in [0, 0.05) is 24.7 Å². The third-order valence-electron chi connectivity index (χ3n) is 5.30. The van der Waals surface area contributed by atoms with Crippen molar-refractivity contribution in [2.75, 3.05) is 10.6 Å². The minimum atomic E-state index is -0.559. The van der Waals surface area contributed by atoms with Crippen molar-refractivity contribution >= 4 is 35.2 Å². The lowest BCUT2D eigenvalue weighted by Gasteiger charge is -2.32. The number of carbonyl (C=O) groups excluding carboxylic acids is 3. The van der Waals surface area contributed by atoms with Crippen molar-refractivity contribution in [3.63, 3.8) is 0 Å². The number of hydrogen-bond donors (Lipinski definition) is 2. The second kappa shape index (κ2) is 8.10. The minimum absolute atomic E-state index is 0.0426.